The number of rotatable bonds is 86. The SMILES string of the molecule is CCCCCCCCCCCCCCCC(=O)O[C@H](CCCCCCCCCCC)CC(=O)NC1[C@@H](O)[C@H](O)C(CO[C@@H]2OC(CO)[C@@H](OP(=O)(O)O)[C@H](OC(=O)C[C@@H](CCCCCCCCCCC)OC(=O)CCCCCCCCCCCCC)C2NC(=O)C[C@@H](CCCCCCCCCCC)OC(=O)CCCCCCCCCCCCC)O[C@@H]1O. The van der Waals surface area contributed by atoms with Gasteiger partial charge in [0.25, 0.3) is 0 Å². The Morgan fingerprint density at radius 3 is 0.885 bits per heavy atom. The van der Waals surface area contributed by atoms with E-state index in [1.165, 1.54) is 186 Å². The van der Waals surface area contributed by atoms with Crippen molar-refractivity contribution in [1.82, 2.24) is 10.6 Å². The molecule has 2 aliphatic heterocycles. The number of aliphatic hydroxyl groups excluding tert-OH is 4. The van der Waals surface area contributed by atoms with Crippen LogP contribution in [-0.2, 0) is 71.0 Å². The first-order chi connectivity index (χ1) is 59.2. The van der Waals surface area contributed by atoms with E-state index in [-0.39, 0.29) is 32.1 Å². The van der Waals surface area contributed by atoms with E-state index in [0.29, 0.717) is 51.4 Å². The summed E-state index contributed by atoms with van der Waals surface area (Å²) in [5.74, 6) is -3.84. The number of amides is 2. The van der Waals surface area contributed by atoms with Crippen molar-refractivity contribution in [1.29, 1.82) is 0 Å². The molecular formula is C98H185N2O21P. The summed E-state index contributed by atoms with van der Waals surface area (Å²) in [6.45, 7) is 11.4. The maximum absolute atomic E-state index is 15.0. The molecule has 24 heteroatoms. The van der Waals surface area contributed by atoms with E-state index in [9.17, 15) is 58.8 Å². The normalized spacial score (nSPS) is 20.0. The number of hydrogen-bond donors (Lipinski definition) is 8. The fourth-order valence-electron chi connectivity index (χ4n) is 17.0. The maximum atomic E-state index is 15.0. The summed E-state index contributed by atoms with van der Waals surface area (Å²) in [5.41, 5.74) is 0. The third kappa shape index (κ3) is 62.0. The summed E-state index contributed by atoms with van der Waals surface area (Å²) in [6.07, 6.45) is 49.5. The topological polar surface area (TPSA) is 339 Å². The molecule has 0 aromatic rings. The van der Waals surface area contributed by atoms with Crippen molar-refractivity contribution in [3.8, 4) is 0 Å². The number of carbonyl (C=O) groups is 6. The Morgan fingerprint density at radius 1 is 0.328 bits per heavy atom. The van der Waals surface area contributed by atoms with Crippen molar-refractivity contribution in [2.24, 2.45) is 0 Å². The van der Waals surface area contributed by atoms with Crippen molar-refractivity contribution in [3.05, 3.63) is 0 Å². The van der Waals surface area contributed by atoms with E-state index in [0.717, 1.165) is 173 Å². The maximum Gasteiger partial charge on any atom is 0.470 e. The Labute approximate surface area is 741 Å². The van der Waals surface area contributed by atoms with Crippen LogP contribution < -0.4 is 10.6 Å². The minimum atomic E-state index is -5.58. The summed E-state index contributed by atoms with van der Waals surface area (Å²) >= 11 is 0. The minimum Gasteiger partial charge on any atom is -0.462 e. The van der Waals surface area contributed by atoms with Crippen LogP contribution in [0.2, 0.25) is 0 Å². The molecule has 4 unspecified atom stereocenters. The van der Waals surface area contributed by atoms with Gasteiger partial charge in [-0.3, -0.25) is 33.3 Å². The van der Waals surface area contributed by atoms with Crippen LogP contribution in [0, 0.1) is 0 Å². The molecule has 0 spiro atoms. The Morgan fingerprint density at radius 2 is 0.598 bits per heavy atom. The van der Waals surface area contributed by atoms with Gasteiger partial charge in [-0.2, -0.15) is 0 Å². The van der Waals surface area contributed by atoms with Crippen molar-refractivity contribution in [3.63, 3.8) is 0 Å². The average Bonchev–Trinajstić information content (AvgIpc) is 0.779. The van der Waals surface area contributed by atoms with Crippen molar-refractivity contribution >= 4 is 43.5 Å². The Balaban J connectivity index is 2.57. The van der Waals surface area contributed by atoms with Crippen molar-refractivity contribution < 1.29 is 101 Å². The number of esters is 4. The monoisotopic (exact) mass is 1760 g/mol. The molecule has 23 nitrogen and oxygen atoms in total. The Kier molecular flexibility index (Phi) is 74.0. The highest BCUT2D eigenvalue weighted by molar-refractivity contribution is 7.46. The van der Waals surface area contributed by atoms with Crippen LogP contribution in [0.4, 0.5) is 0 Å². The molecule has 0 radical (unpaired) electrons. The molecule has 0 bridgehead atoms. The number of carbonyl (C=O) groups excluding carboxylic acids is 6. The predicted molar refractivity (Wildman–Crippen MR) is 487 cm³/mol. The minimum absolute atomic E-state index is 0.124. The van der Waals surface area contributed by atoms with Gasteiger partial charge >= 0.3 is 31.7 Å². The van der Waals surface area contributed by atoms with Gasteiger partial charge in [0.15, 0.2) is 18.7 Å². The van der Waals surface area contributed by atoms with Gasteiger partial charge in [-0.1, -0.05) is 401 Å². The molecule has 2 saturated heterocycles. The molecule has 122 heavy (non-hydrogen) atoms. The average molecular weight is 1760 g/mol. The molecule has 8 N–H and O–H groups in total. The largest absolute Gasteiger partial charge is 0.470 e. The molecule has 2 fully saturated rings. The second kappa shape index (κ2) is 78.7. The lowest BCUT2D eigenvalue weighted by atomic mass is 9.95. The van der Waals surface area contributed by atoms with Crippen LogP contribution in [0.5, 0.6) is 0 Å². The zero-order valence-corrected chi connectivity index (χ0v) is 79.3. The first kappa shape index (κ1) is 115. The molecule has 13 atom stereocenters. The first-order valence-electron chi connectivity index (χ1n) is 50.9. The number of phosphoric ester groups is 1. The van der Waals surface area contributed by atoms with E-state index in [4.69, 9.17) is 37.7 Å². The smallest absolute Gasteiger partial charge is 0.462 e. The van der Waals surface area contributed by atoms with Gasteiger partial charge in [-0.25, -0.2) is 4.57 Å². The van der Waals surface area contributed by atoms with E-state index in [1.807, 2.05) is 0 Å². The lowest BCUT2D eigenvalue weighted by molar-refractivity contribution is -0.297. The molecule has 2 amide bonds. The van der Waals surface area contributed by atoms with Crippen LogP contribution in [0.1, 0.15) is 497 Å². The fraction of sp³-hybridized carbons (Fsp3) is 0.939. The highest BCUT2D eigenvalue weighted by atomic mass is 31.2. The third-order valence-corrected chi connectivity index (χ3v) is 25.1. The van der Waals surface area contributed by atoms with Crippen LogP contribution >= 0.6 is 7.82 Å². The zero-order chi connectivity index (χ0) is 89.2. The van der Waals surface area contributed by atoms with Gasteiger partial charge in [0, 0.05) is 19.3 Å². The summed E-state index contributed by atoms with van der Waals surface area (Å²) in [6, 6.07) is -3.37. The van der Waals surface area contributed by atoms with Crippen LogP contribution in [0.15, 0.2) is 0 Å². The second-order valence-electron chi connectivity index (χ2n) is 36.2. The Bertz CT molecular complexity index is 2550. The molecule has 2 rings (SSSR count). The number of aliphatic hydroxyl groups is 4. The van der Waals surface area contributed by atoms with E-state index in [1.54, 1.807) is 0 Å². The van der Waals surface area contributed by atoms with Gasteiger partial charge in [-0.05, 0) is 57.8 Å². The molecule has 0 aromatic carbocycles. The first-order valence-corrected chi connectivity index (χ1v) is 52.4. The van der Waals surface area contributed by atoms with Gasteiger partial charge in [-0.15, -0.1) is 0 Å². The fourth-order valence-corrected chi connectivity index (χ4v) is 17.6. The highest BCUT2D eigenvalue weighted by Gasteiger charge is 2.53. The Hall–Kier alpha value is -3.35. The molecule has 0 saturated carbocycles. The summed E-state index contributed by atoms with van der Waals surface area (Å²) < 4.78 is 61.5. The number of nitrogens with one attached hydrogen (secondary N) is 2. The van der Waals surface area contributed by atoms with E-state index in [2.05, 4.69) is 52.2 Å². The lowest BCUT2D eigenvalue weighted by Crippen LogP contribution is -2.67. The number of unbranched alkanes of at least 4 members (excludes halogenated alkanes) is 56. The molecule has 2 aliphatic rings. The summed E-state index contributed by atoms with van der Waals surface area (Å²) in [7, 11) is -5.58. The quantitative estimate of drug-likeness (QED) is 0.0121. The highest BCUT2D eigenvalue weighted by Crippen LogP contribution is 2.43. The lowest BCUT2D eigenvalue weighted by Gasteiger charge is -2.46. The second-order valence-corrected chi connectivity index (χ2v) is 37.4. The standard InChI is InChI=1S/C98H185N2O21P/c1-7-13-19-25-31-37-40-41-44-50-56-61-66-72-87(104)115-80(69-63-57-51-45-34-28-22-16-10-4)75-85(102)99-91-94(109)93(108)84(118-97(91)110)79-114-98-92(100-86(103)76-81(70-64-58-52-46-35-29-23-17-11-5)116-88(105)73-67-60-54-48-42-38-32-26-20-14-8-2)96(95(83(78-101)119-98)121-122(111,112)113)120-90(107)77-82(71-65-59-53-47-36-30-24-18-12-6)117-89(106)74-68-62-55-49-43-39-33-27-21-15-9-3/h80-84,91-98,101,108-110H,7-79H2,1-6H3,(H,99,102)(H,100,103)(H2,111,112,113)/t80-,81-,82-,83?,84?,91?,92?,93-,94-,95-,96-,97+,98-/m1/s1. The molecule has 718 valence electrons. The van der Waals surface area contributed by atoms with Crippen LogP contribution in [-0.4, -0.2) is 159 Å². The molecular weight excluding hydrogens is 1570 g/mol. The zero-order valence-electron chi connectivity index (χ0n) is 78.4. The van der Waals surface area contributed by atoms with Gasteiger partial charge < -0.3 is 74.0 Å². The number of hydrogen-bond acceptors (Lipinski definition) is 19. The van der Waals surface area contributed by atoms with E-state index >= 15 is 4.79 Å². The molecule has 0 aromatic heterocycles. The van der Waals surface area contributed by atoms with Crippen molar-refractivity contribution in [2.75, 3.05) is 13.2 Å². The third-order valence-electron chi connectivity index (χ3n) is 24.6. The van der Waals surface area contributed by atoms with Crippen LogP contribution in [0.3, 0.4) is 0 Å². The van der Waals surface area contributed by atoms with Crippen LogP contribution in [0.25, 0.3) is 0 Å². The van der Waals surface area contributed by atoms with Gasteiger partial charge in [0.05, 0.1) is 32.5 Å². The number of phosphoric acid groups is 1. The van der Waals surface area contributed by atoms with Gasteiger partial charge in [0.1, 0.15) is 60.9 Å². The van der Waals surface area contributed by atoms with E-state index < -0.39 is 149 Å². The molecule has 2 heterocycles. The van der Waals surface area contributed by atoms with Gasteiger partial charge in [0.2, 0.25) is 11.8 Å². The summed E-state index contributed by atoms with van der Waals surface area (Å²) in [4.78, 5) is 106. The molecule has 0 aliphatic carbocycles. The van der Waals surface area contributed by atoms with Crippen molar-refractivity contribution in [2.45, 2.75) is 577 Å². The summed E-state index contributed by atoms with van der Waals surface area (Å²) in [5, 5.41) is 51.9. The predicted octanol–water partition coefficient (Wildman–Crippen LogP) is 23.1. The number of ether oxygens (including phenoxy) is 7.